The molecular formula is C23H24F3N5O3. The Morgan fingerprint density at radius 1 is 1.15 bits per heavy atom. The van der Waals surface area contributed by atoms with Gasteiger partial charge in [0.05, 0.1) is 10.9 Å². The molecule has 1 atom stereocenters. The lowest BCUT2D eigenvalue weighted by molar-refractivity contribution is -0.153. The number of ether oxygens (including phenoxy) is 2. The van der Waals surface area contributed by atoms with E-state index in [1.165, 1.54) is 12.4 Å². The molecule has 34 heavy (non-hydrogen) atoms. The molecule has 0 aliphatic carbocycles. The van der Waals surface area contributed by atoms with Crippen LogP contribution < -0.4 is 15.8 Å². The summed E-state index contributed by atoms with van der Waals surface area (Å²) in [4.78, 5) is 24.9. The first kappa shape index (κ1) is 23.7. The number of nitrogens with one attached hydrogen (secondary N) is 1. The van der Waals surface area contributed by atoms with Gasteiger partial charge in [0, 0.05) is 17.9 Å². The number of halogens is 3. The van der Waals surface area contributed by atoms with Crippen molar-refractivity contribution in [1.82, 2.24) is 15.0 Å². The van der Waals surface area contributed by atoms with Gasteiger partial charge < -0.3 is 20.5 Å². The molecule has 0 amide bonds. The molecule has 8 nitrogen and oxygen atoms in total. The molecule has 0 bridgehead atoms. The summed E-state index contributed by atoms with van der Waals surface area (Å²) in [5.41, 5.74) is 6.31. The van der Waals surface area contributed by atoms with Gasteiger partial charge in [0.1, 0.15) is 22.9 Å². The van der Waals surface area contributed by atoms with Gasteiger partial charge in [0.2, 0.25) is 5.88 Å². The highest BCUT2D eigenvalue weighted by atomic mass is 19.4. The number of nitrogens with two attached hydrogens (primary N) is 1. The van der Waals surface area contributed by atoms with Crippen LogP contribution in [0.15, 0.2) is 30.6 Å². The van der Waals surface area contributed by atoms with Crippen molar-refractivity contribution in [3.8, 4) is 5.88 Å². The lowest BCUT2D eigenvalue weighted by atomic mass is 9.88. The number of pyridine rings is 3. The van der Waals surface area contributed by atoms with Crippen molar-refractivity contribution in [1.29, 1.82) is 0 Å². The molecule has 0 saturated carbocycles. The van der Waals surface area contributed by atoms with Crippen LogP contribution >= 0.6 is 0 Å². The van der Waals surface area contributed by atoms with E-state index in [2.05, 4.69) is 20.3 Å². The Kier molecular flexibility index (Phi) is 5.63. The molecule has 4 rings (SSSR count). The van der Waals surface area contributed by atoms with Crippen molar-refractivity contribution in [3.05, 3.63) is 47.4 Å². The number of cyclic esters (lactones) is 1. The summed E-state index contributed by atoms with van der Waals surface area (Å²) in [5, 5.41) is 3.94. The zero-order chi connectivity index (χ0) is 24.9. The molecule has 3 aromatic rings. The Morgan fingerprint density at radius 2 is 1.88 bits per heavy atom. The SMILES string of the molecule is CC[C@](C)(N)c1cnc(OCC(F)(F)F)c2cnc(Nc3ccc4c(n3)C(C)(C)OC4=O)cc12. The quantitative estimate of drug-likeness (QED) is 0.494. The fourth-order valence-corrected chi connectivity index (χ4v) is 3.71. The van der Waals surface area contributed by atoms with E-state index in [9.17, 15) is 18.0 Å². The van der Waals surface area contributed by atoms with E-state index >= 15 is 0 Å². The predicted molar refractivity (Wildman–Crippen MR) is 119 cm³/mol. The van der Waals surface area contributed by atoms with Crippen LogP contribution in [0.5, 0.6) is 5.88 Å². The van der Waals surface area contributed by atoms with E-state index in [0.29, 0.717) is 45.6 Å². The number of carbonyl (C=O) groups excluding carboxylic acids is 1. The van der Waals surface area contributed by atoms with Crippen LogP contribution in [0, 0.1) is 0 Å². The van der Waals surface area contributed by atoms with Crippen LogP contribution in [0.1, 0.15) is 55.7 Å². The second-order valence-electron chi connectivity index (χ2n) is 8.88. The Hall–Kier alpha value is -3.47. The minimum absolute atomic E-state index is 0.185. The molecule has 0 unspecified atom stereocenters. The van der Waals surface area contributed by atoms with Crippen LogP contribution in [-0.2, 0) is 15.9 Å². The minimum atomic E-state index is -4.51. The number of alkyl halides is 3. The Morgan fingerprint density at radius 3 is 2.56 bits per heavy atom. The molecule has 3 aromatic heterocycles. The van der Waals surface area contributed by atoms with E-state index in [4.69, 9.17) is 15.2 Å². The summed E-state index contributed by atoms with van der Waals surface area (Å²) in [7, 11) is 0. The number of nitrogens with zero attached hydrogens (tertiary/aromatic N) is 3. The second kappa shape index (κ2) is 8.08. The number of hydrogen-bond acceptors (Lipinski definition) is 8. The average molecular weight is 475 g/mol. The number of carbonyl (C=O) groups is 1. The number of fused-ring (bicyclic) bond motifs is 2. The van der Waals surface area contributed by atoms with Crippen LogP contribution in [-0.4, -0.2) is 33.7 Å². The summed E-state index contributed by atoms with van der Waals surface area (Å²) in [6.45, 7) is 5.73. The third-order valence-corrected chi connectivity index (χ3v) is 5.75. The van der Waals surface area contributed by atoms with Gasteiger partial charge in [0.25, 0.3) is 0 Å². The first-order valence-electron chi connectivity index (χ1n) is 10.6. The highest BCUT2D eigenvalue weighted by molar-refractivity contribution is 5.94. The van der Waals surface area contributed by atoms with E-state index in [1.54, 1.807) is 32.0 Å². The van der Waals surface area contributed by atoms with Gasteiger partial charge in [-0.15, -0.1) is 0 Å². The fourth-order valence-electron chi connectivity index (χ4n) is 3.71. The van der Waals surface area contributed by atoms with Crippen molar-refractivity contribution >= 4 is 28.4 Å². The zero-order valence-corrected chi connectivity index (χ0v) is 19.1. The standard InChI is InChI=1S/C23H24F3N5O3/c1-5-22(4,27)15-10-29-19(33-11-23(24,25)26)14-9-28-17(8-13(14)15)30-16-7-6-12-18(31-16)21(2,3)34-20(12)32/h6-10H,5,11,27H2,1-4H3,(H,28,30,31)/t22-/m0/s1. The molecule has 1 aliphatic rings. The average Bonchev–Trinajstić information content (AvgIpc) is 2.99. The zero-order valence-electron chi connectivity index (χ0n) is 19.1. The van der Waals surface area contributed by atoms with Gasteiger partial charge in [-0.2, -0.15) is 13.2 Å². The Bertz CT molecular complexity index is 1270. The van der Waals surface area contributed by atoms with Crippen LogP contribution in [0.25, 0.3) is 10.8 Å². The Balaban J connectivity index is 1.75. The van der Waals surface area contributed by atoms with Crippen molar-refractivity contribution in [2.75, 3.05) is 11.9 Å². The normalized spacial score (nSPS) is 16.6. The van der Waals surface area contributed by atoms with Gasteiger partial charge in [-0.3, -0.25) is 0 Å². The highest BCUT2D eigenvalue weighted by Gasteiger charge is 2.39. The molecule has 1 aliphatic heterocycles. The summed E-state index contributed by atoms with van der Waals surface area (Å²) in [6.07, 6.45) is -1.13. The third-order valence-electron chi connectivity index (χ3n) is 5.75. The lowest BCUT2D eigenvalue weighted by Gasteiger charge is -2.25. The van der Waals surface area contributed by atoms with E-state index in [1.807, 2.05) is 13.8 Å². The van der Waals surface area contributed by atoms with Gasteiger partial charge in [-0.1, -0.05) is 6.92 Å². The molecule has 0 saturated heterocycles. The van der Waals surface area contributed by atoms with E-state index in [-0.39, 0.29) is 5.88 Å². The largest absolute Gasteiger partial charge is 0.468 e. The van der Waals surface area contributed by atoms with E-state index < -0.39 is 29.9 Å². The number of anilines is 2. The number of esters is 1. The summed E-state index contributed by atoms with van der Waals surface area (Å²) < 4.78 is 48.4. The minimum Gasteiger partial charge on any atom is -0.468 e. The molecule has 0 fully saturated rings. The first-order chi connectivity index (χ1) is 15.8. The van der Waals surface area contributed by atoms with Crippen LogP contribution in [0.4, 0.5) is 24.8 Å². The monoisotopic (exact) mass is 475 g/mol. The van der Waals surface area contributed by atoms with Crippen molar-refractivity contribution in [3.63, 3.8) is 0 Å². The molecule has 180 valence electrons. The maximum Gasteiger partial charge on any atom is 0.422 e. The first-order valence-corrected chi connectivity index (χ1v) is 10.6. The third kappa shape index (κ3) is 4.47. The second-order valence-corrected chi connectivity index (χ2v) is 8.88. The molecule has 3 N–H and O–H groups in total. The smallest absolute Gasteiger partial charge is 0.422 e. The van der Waals surface area contributed by atoms with Crippen LogP contribution in [0.3, 0.4) is 0 Å². The molecule has 0 radical (unpaired) electrons. The van der Waals surface area contributed by atoms with Crippen molar-refractivity contribution < 1.29 is 27.4 Å². The summed E-state index contributed by atoms with van der Waals surface area (Å²) in [5.74, 6) is 0.180. The molecule has 0 aromatic carbocycles. The van der Waals surface area contributed by atoms with Crippen molar-refractivity contribution in [2.45, 2.75) is 51.4 Å². The highest BCUT2D eigenvalue weighted by Crippen LogP contribution is 2.37. The van der Waals surface area contributed by atoms with Gasteiger partial charge >= 0.3 is 12.1 Å². The summed E-state index contributed by atoms with van der Waals surface area (Å²) in [6, 6.07) is 4.91. The lowest BCUT2D eigenvalue weighted by Crippen LogP contribution is -2.32. The van der Waals surface area contributed by atoms with Crippen LogP contribution in [0.2, 0.25) is 0 Å². The van der Waals surface area contributed by atoms with Gasteiger partial charge in [-0.05, 0) is 56.3 Å². The fraction of sp³-hybridized carbons (Fsp3) is 0.391. The molecule has 11 heteroatoms. The predicted octanol–water partition coefficient (Wildman–Crippen LogP) is 4.70. The number of hydrogen-bond donors (Lipinski definition) is 2. The molecule has 4 heterocycles. The Labute approximate surface area is 193 Å². The van der Waals surface area contributed by atoms with E-state index in [0.717, 1.165) is 0 Å². The molecular weight excluding hydrogens is 451 g/mol. The molecule has 0 spiro atoms. The number of aromatic nitrogens is 3. The maximum atomic E-state index is 12.7. The maximum absolute atomic E-state index is 12.7. The topological polar surface area (TPSA) is 112 Å². The van der Waals surface area contributed by atoms with Crippen molar-refractivity contribution in [2.24, 2.45) is 5.73 Å². The summed E-state index contributed by atoms with van der Waals surface area (Å²) >= 11 is 0. The van der Waals surface area contributed by atoms with Gasteiger partial charge in [0.15, 0.2) is 6.61 Å². The number of rotatable bonds is 6. The van der Waals surface area contributed by atoms with Gasteiger partial charge in [-0.25, -0.2) is 19.7 Å².